The molecular formula is C8H11BrO3. The topological polar surface area (TPSA) is 57.5 Å². The summed E-state index contributed by atoms with van der Waals surface area (Å²) in [4.78, 5) is 8.36. The first kappa shape index (κ1) is 13.7. The second kappa shape index (κ2) is 10.1. The zero-order valence-electron chi connectivity index (χ0n) is 6.38. The van der Waals surface area contributed by atoms with E-state index in [-0.39, 0.29) is 30.1 Å². The van der Waals surface area contributed by atoms with Crippen LogP contribution in [0.4, 0.5) is 0 Å². The van der Waals surface area contributed by atoms with Gasteiger partial charge in [0.05, 0.1) is 6.61 Å². The summed E-state index contributed by atoms with van der Waals surface area (Å²) in [5.41, 5.74) is 0.965. The number of carboxylic acid groups (broad SMARTS) is 1. The van der Waals surface area contributed by atoms with Crippen LogP contribution in [-0.4, -0.2) is 16.7 Å². The van der Waals surface area contributed by atoms with Gasteiger partial charge in [-0.1, -0.05) is 30.3 Å². The van der Waals surface area contributed by atoms with Crippen molar-refractivity contribution in [1.29, 1.82) is 0 Å². The van der Waals surface area contributed by atoms with Gasteiger partial charge >= 0.3 is 0 Å². The SMILES string of the molecule is Br.O=CO.OCc1ccccc1. The number of hydrogen-bond donors (Lipinski definition) is 2. The summed E-state index contributed by atoms with van der Waals surface area (Å²) in [7, 11) is 0. The summed E-state index contributed by atoms with van der Waals surface area (Å²) in [5.74, 6) is 0. The van der Waals surface area contributed by atoms with Gasteiger partial charge in [0.2, 0.25) is 0 Å². The van der Waals surface area contributed by atoms with Gasteiger partial charge in [-0.25, -0.2) is 0 Å². The van der Waals surface area contributed by atoms with Crippen LogP contribution in [-0.2, 0) is 11.4 Å². The molecule has 2 N–H and O–H groups in total. The molecule has 0 amide bonds. The summed E-state index contributed by atoms with van der Waals surface area (Å²) < 4.78 is 0. The lowest BCUT2D eigenvalue weighted by atomic mass is 10.2. The Bertz CT molecular complexity index is 189. The first-order valence-corrected chi connectivity index (χ1v) is 3.07. The predicted octanol–water partition coefficient (Wildman–Crippen LogP) is 1.46. The Hall–Kier alpha value is -0.870. The standard InChI is InChI=1S/C7H8O.CH2O2.BrH/c8-6-7-4-2-1-3-5-7;2-1-3;/h1-5,8H,6H2;1H,(H,2,3);1H. The molecule has 0 heterocycles. The number of hydrogen-bond acceptors (Lipinski definition) is 2. The Balaban J connectivity index is 0. The predicted molar refractivity (Wildman–Crippen MR) is 51.4 cm³/mol. The Morgan fingerprint density at radius 1 is 1.25 bits per heavy atom. The van der Waals surface area contributed by atoms with E-state index in [2.05, 4.69) is 0 Å². The maximum atomic E-state index is 8.54. The van der Waals surface area contributed by atoms with Crippen molar-refractivity contribution >= 4 is 23.5 Å². The van der Waals surface area contributed by atoms with Gasteiger partial charge in [0.1, 0.15) is 0 Å². The van der Waals surface area contributed by atoms with E-state index in [0.717, 1.165) is 5.56 Å². The van der Waals surface area contributed by atoms with Crippen LogP contribution in [0, 0.1) is 0 Å². The third kappa shape index (κ3) is 7.24. The van der Waals surface area contributed by atoms with E-state index >= 15 is 0 Å². The molecule has 68 valence electrons. The van der Waals surface area contributed by atoms with Crippen LogP contribution in [0.3, 0.4) is 0 Å². The Labute approximate surface area is 81.4 Å². The van der Waals surface area contributed by atoms with E-state index in [1.165, 1.54) is 0 Å². The highest BCUT2D eigenvalue weighted by Crippen LogP contribution is 1.95. The molecule has 0 radical (unpaired) electrons. The average molecular weight is 235 g/mol. The Kier molecular flexibility index (Phi) is 11.6. The van der Waals surface area contributed by atoms with Gasteiger partial charge in [-0.15, -0.1) is 17.0 Å². The summed E-state index contributed by atoms with van der Waals surface area (Å²) in [6.45, 7) is -0.110. The Morgan fingerprint density at radius 3 is 1.92 bits per heavy atom. The molecule has 0 spiro atoms. The number of halogens is 1. The zero-order valence-corrected chi connectivity index (χ0v) is 8.10. The van der Waals surface area contributed by atoms with Crippen molar-refractivity contribution in [2.75, 3.05) is 0 Å². The second-order valence-electron chi connectivity index (χ2n) is 1.75. The summed E-state index contributed by atoms with van der Waals surface area (Å²) in [5, 5.41) is 15.4. The minimum Gasteiger partial charge on any atom is -0.483 e. The summed E-state index contributed by atoms with van der Waals surface area (Å²) in [6.07, 6.45) is 0. The molecular weight excluding hydrogens is 224 g/mol. The maximum absolute atomic E-state index is 8.54. The minimum absolute atomic E-state index is 0. The van der Waals surface area contributed by atoms with Gasteiger partial charge in [0, 0.05) is 0 Å². The Morgan fingerprint density at radius 2 is 1.67 bits per heavy atom. The van der Waals surface area contributed by atoms with Crippen LogP contribution in [0.15, 0.2) is 30.3 Å². The minimum atomic E-state index is -0.250. The fourth-order valence-corrected chi connectivity index (χ4v) is 0.583. The molecule has 1 aromatic carbocycles. The normalized spacial score (nSPS) is 7.08. The number of carbonyl (C=O) groups is 1. The monoisotopic (exact) mass is 234 g/mol. The van der Waals surface area contributed by atoms with Crippen molar-refractivity contribution in [3.63, 3.8) is 0 Å². The van der Waals surface area contributed by atoms with Crippen molar-refractivity contribution < 1.29 is 15.0 Å². The van der Waals surface area contributed by atoms with Gasteiger partial charge in [-0.05, 0) is 5.56 Å². The molecule has 0 fully saturated rings. The van der Waals surface area contributed by atoms with Crippen LogP contribution in [0.25, 0.3) is 0 Å². The van der Waals surface area contributed by atoms with E-state index in [1.807, 2.05) is 30.3 Å². The second-order valence-corrected chi connectivity index (χ2v) is 1.75. The lowest BCUT2D eigenvalue weighted by molar-refractivity contribution is -0.122. The summed E-state index contributed by atoms with van der Waals surface area (Å²) >= 11 is 0. The van der Waals surface area contributed by atoms with E-state index < -0.39 is 0 Å². The molecule has 0 bridgehead atoms. The molecule has 0 aromatic heterocycles. The molecule has 4 heteroatoms. The number of rotatable bonds is 1. The van der Waals surface area contributed by atoms with Crippen molar-refractivity contribution in [2.24, 2.45) is 0 Å². The van der Waals surface area contributed by atoms with Crippen molar-refractivity contribution in [1.82, 2.24) is 0 Å². The van der Waals surface area contributed by atoms with E-state index in [1.54, 1.807) is 0 Å². The molecule has 1 aromatic rings. The third-order valence-electron chi connectivity index (χ3n) is 1.03. The largest absolute Gasteiger partial charge is 0.483 e. The first-order valence-electron chi connectivity index (χ1n) is 3.07. The highest BCUT2D eigenvalue weighted by atomic mass is 79.9. The van der Waals surface area contributed by atoms with Crippen LogP contribution in [0.5, 0.6) is 0 Å². The van der Waals surface area contributed by atoms with E-state index in [0.29, 0.717) is 0 Å². The lowest BCUT2D eigenvalue weighted by Crippen LogP contribution is -1.77. The van der Waals surface area contributed by atoms with Crippen molar-refractivity contribution in [2.45, 2.75) is 6.61 Å². The van der Waals surface area contributed by atoms with Gasteiger partial charge in [0.15, 0.2) is 0 Å². The first-order chi connectivity index (χ1) is 5.35. The van der Waals surface area contributed by atoms with Gasteiger partial charge in [-0.3, -0.25) is 4.79 Å². The van der Waals surface area contributed by atoms with Crippen molar-refractivity contribution in [3.8, 4) is 0 Å². The zero-order chi connectivity index (χ0) is 8.53. The maximum Gasteiger partial charge on any atom is 0.290 e. The number of benzene rings is 1. The number of aliphatic hydroxyl groups is 1. The van der Waals surface area contributed by atoms with Crippen LogP contribution >= 0.6 is 17.0 Å². The number of aliphatic hydroxyl groups excluding tert-OH is 1. The third-order valence-corrected chi connectivity index (χ3v) is 1.03. The smallest absolute Gasteiger partial charge is 0.290 e. The van der Waals surface area contributed by atoms with Gasteiger partial charge in [0.25, 0.3) is 6.47 Å². The van der Waals surface area contributed by atoms with Gasteiger partial charge in [-0.2, -0.15) is 0 Å². The fourth-order valence-electron chi connectivity index (χ4n) is 0.583. The molecule has 0 saturated heterocycles. The average Bonchev–Trinajstić information content (AvgIpc) is 2.08. The fraction of sp³-hybridized carbons (Fsp3) is 0.125. The van der Waals surface area contributed by atoms with Crippen molar-refractivity contribution in [3.05, 3.63) is 35.9 Å². The lowest BCUT2D eigenvalue weighted by Gasteiger charge is -1.89. The molecule has 3 nitrogen and oxygen atoms in total. The van der Waals surface area contributed by atoms with Crippen LogP contribution in [0.2, 0.25) is 0 Å². The molecule has 1 rings (SSSR count). The molecule has 12 heavy (non-hydrogen) atoms. The molecule has 0 atom stereocenters. The highest BCUT2D eigenvalue weighted by molar-refractivity contribution is 8.93. The highest BCUT2D eigenvalue weighted by Gasteiger charge is 1.81. The molecule has 0 aliphatic carbocycles. The quantitative estimate of drug-likeness (QED) is 0.724. The molecule has 0 unspecified atom stereocenters. The van der Waals surface area contributed by atoms with E-state index in [4.69, 9.17) is 15.0 Å². The van der Waals surface area contributed by atoms with E-state index in [9.17, 15) is 0 Å². The summed E-state index contributed by atoms with van der Waals surface area (Å²) in [6, 6.07) is 9.52. The van der Waals surface area contributed by atoms with Crippen LogP contribution < -0.4 is 0 Å². The van der Waals surface area contributed by atoms with Crippen LogP contribution in [0.1, 0.15) is 5.56 Å². The van der Waals surface area contributed by atoms with Gasteiger partial charge < -0.3 is 10.2 Å². The molecule has 0 aliphatic rings. The molecule has 0 aliphatic heterocycles. The molecule has 0 saturated carbocycles.